The van der Waals surface area contributed by atoms with Crippen LogP contribution >= 0.6 is 0 Å². The molecule has 0 unspecified atom stereocenters. The summed E-state index contributed by atoms with van der Waals surface area (Å²) in [6.07, 6.45) is 11.4. The molecule has 54 valence electrons. The van der Waals surface area contributed by atoms with Crippen LogP contribution < -0.4 is 0 Å². The second-order valence-electron chi connectivity index (χ2n) is 2.30. The van der Waals surface area contributed by atoms with Gasteiger partial charge in [0.2, 0.25) is 0 Å². The number of fused-ring (bicyclic) bond motifs is 1. The van der Waals surface area contributed by atoms with Gasteiger partial charge in [-0.05, 0) is 24.3 Å². The maximum absolute atomic E-state index is 4.00. The molecular weight excluding hydrogens is 136 g/mol. The van der Waals surface area contributed by atoms with Gasteiger partial charge in [0.05, 0.1) is 0 Å². The van der Waals surface area contributed by atoms with Crippen LogP contribution in [-0.2, 0) is 0 Å². The van der Waals surface area contributed by atoms with E-state index in [-0.39, 0.29) is 0 Å². The lowest BCUT2D eigenvalue weighted by atomic mass is 10.4. The van der Waals surface area contributed by atoms with Gasteiger partial charge >= 0.3 is 0 Å². The fourth-order valence-corrected chi connectivity index (χ4v) is 1.03. The lowest BCUT2D eigenvalue weighted by Crippen LogP contribution is -1.87. The summed E-state index contributed by atoms with van der Waals surface area (Å²) in [5.74, 6) is 0. The van der Waals surface area contributed by atoms with Crippen LogP contribution in [0.15, 0.2) is 35.6 Å². The number of hydrogen-bond donors (Lipinski definition) is 0. The molecule has 0 bridgehead atoms. The molecule has 0 saturated heterocycles. The average molecular weight is 144 g/mol. The molecular formula is C9H8N2. The summed E-state index contributed by atoms with van der Waals surface area (Å²) in [6.45, 7) is 0. The summed E-state index contributed by atoms with van der Waals surface area (Å²) in [5.41, 5.74) is 1.15. The van der Waals surface area contributed by atoms with Crippen LogP contribution in [0.3, 0.4) is 0 Å². The van der Waals surface area contributed by atoms with E-state index in [2.05, 4.69) is 4.99 Å². The molecule has 0 aliphatic carbocycles. The average Bonchev–Trinajstić information content (AvgIpc) is 2.35. The summed E-state index contributed by atoms with van der Waals surface area (Å²) < 4.78 is 2.04. The Hall–Kier alpha value is -1.57. The molecule has 0 saturated carbocycles. The first kappa shape index (κ1) is 6.16. The zero-order chi connectivity index (χ0) is 7.52. The van der Waals surface area contributed by atoms with Gasteiger partial charge in [-0.25, -0.2) is 0 Å². The van der Waals surface area contributed by atoms with Gasteiger partial charge < -0.3 is 4.57 Å². The van der Waals surface area contributed by atoms with Crippen LogP contribution in [0.5, 0.6) is 0 Å². The standard InChI is InChI=1S/C9H8N2/c1-3-9-4-6-10-5-2-8-11(9)7-1/h1-8H. The van der Waals surface area contributed by atoms with Gasteiger partial charge in [-0.2, -0.15) is 0 Å². The highest BCUT2D eigenvalue weighted by Crippen LogP contribution is 2.06. The van der Waals surface area contributed by atoms with Gasteiger partial charge in [0.15, 0.2) is 0 Å². The Balaban J connectivity index is 2.52. The molecule has 11 heavy (non-hydrogen) atoms. The minimum Gasteiger partial charge on any atom is -0.324 e. The van der Waals surface area contributed by atoms with Crippen molar-refractivity contribution in [1.82, 2.24) is 4.57 Å². The Morgan fingerprint density at radius 1 is 1.36 bits per heavy atom. The van der Waals surface area contributed by atoms with E-state index < -0.39 is 0 Å². The molecule has 1 aromatic heterocycles. The fourth-order valence-electron chi connectivity index (χ4n) is 1.03. The Kier molecular flexibility index (Phi) is 1.44. The first-order valence-corrected chi connectivity index (χ1v) is 3.50. The predicted molar refractivity (Wildman–Crippen MR) is 47.3 cm³/mol. The van der Waals surface area contributed by atoms with Crippen LogP contribution in [-0.4, -0.2) is 10.8 Å². The van der Waals surface area contributed by atoms with Crippen molar-refractivity contribution in [2.45, 2.75) is 0 Å². The van der Waals surface area contributed by atoms with Crippen molar-refractivity contribution in [2.24, 2.45) is 4.99 Å². The van der Waals surface area contributed by atoms with Crippen molar-refractivity contribution in [2.75, 3.05) is 0 Å². The summed E-state index contributed by atoms with van der Waals surface area (Å²) in [4.78, 5) is 4.00. The van der Waals surface area contributed by atoms with Crippen molar-refractivity contribution in [3.05, 3.63) is 36.3 Å². The minimum absolute atomic E-state index is 1.15. The number of aromatic nitrogens is 1. The third kappa shape index (κ3) is 1.15. The molecule has 0 N–H and O–H groups in total. The number of hydrogen-bond acceptors (Lipinski definition) is 1. The van der Waals surface area contributed by atoms with Crippen LogP contribution in [0.25, 0.3) is 12.3 Å². The molecule has 2 heterocycles. The molecule has 0 aromatic carbocycles. The second-order valence-corrected chi connectivity index (χ2v) is 2.30. The Morgan fingerprint density at radius 3 is 3.36 bits per heavy atom. The Bertz CT molecular complexity index is 299. The van der Waals surface area contributed by atoms with Crippen molar-refractivity contribution in [3.63, 3.8) is 0 Å². The molecule has 0 atom stereocenters. The van der Waals surface area contributed by atoms with E-state index in [0.717, 1.165) is 5.69 Å². The molecule has 2 nitrogen and oxygen atoms in total. The number of allylic oxidation sites excluding steroid dienone is 1. The van der Waals surface area contributed by atoms with Crippen LogP contribution in [0.2, 0.25) is 0 Å². The third-order valence-electron chi connectivity index (χ3n) is 1.56. The van der Waals surface area contributed by atoms with E-state index in [0.29, 0.717) is 0 Å². The Labute approximate surface area is 65.2 Å². The van der Waals surface area contributed by atoms with Gasteiger partial charge in [-0.15, -0.1) is 0 Å². The molecule has 0 spiro atoms. The topological polar surface area (TPSA) is 17.3 Å². The molecule has 0 fully saturated rings. The predicted octanol–water partition coefficient (Wildman–Crippen LogP) is 2.01. The van der Waals surface area contributed by atoms with Gasteiger partial charge in [0, 0.05) is 30.5 Å². The highest BCUT2D eigenvalue weighted by molar-refractivity contribution is 5.77. The normalized spacial score (nSPS) is 14.2. The second kappa shape index (κ2) is 2.58. The number of aliphatic imine (C=N–C) groups is 1. The molecule has 1 aromatic rings. The summed E-state index contributed by atoms with van der Waals surface area (Å²) in [7, 11) is 0. The van der Waals surface area contributed by atoms with E-state index in [1.807, 2.05) is 41.2 Å². The highest BCUT2D eigenvalue weighted by atomic mass is 14.9. The largest absolute Gasteiger partial charge is 0.324 e. The first-order chi connectivity index (χ1) is 5.47. The van der Waals surface area contributed by atoms with Crippen molar-refractivity contribution < 1.29 is 0 Å². The third-order valence-corrected chi connectivity index (χ3v) is 1.56. The van der Waals surface area contributed by atoms with Crippen molar-refractivity contribution in [3.8, 4) is 0 Å². The molecule has 1 aliphatic rings. The summed E-state index contributed by atoms with van der Waals surface area (Å²) in [6, 6.07) is 4.05. The monoisotopic (exact) mass is 144 g/mol. The fraction of sp³-hybridized carbons (Fsp3) is 0. The smallest absolute Gasteiger partial charge is 0.0465 e. The lowest BCUT2D eigenvalue weighted by molar-refractivity contribution is 1.15. The Morgan fingerprint density at radius 2 is 2.36 bits per heavy atom. The molecule has 0 amide bonds. The quantitative estimate of drug-likeness (QED) is 0.530. The maximum Gasteiger partial charge on any atom is 0.0465 e. The van der Waals surface area contributed by atoms with Crippen LogP contribution in [0.1, 0.15) is 5.69 Å². The SMILES string of the molecule is C1=Cn2cccc2C=CN=C1. The number of nitrogens with zero attached hydrogens (tertiary/aromatic N) is 2. The van der Waals surface area contributed by atoms with E-state index in [1.165, 1.54) is 0 Å². The van der Waals surface area contributed by atoms with Gasteiger partial charge in [-0.1, -0.05) is 0 Å². The molecule has 0 radical (unpaired) electrons. The van der Waals surface area contributed by atoms with E-state index in [1.54, 1.807) is 12.4 Å². The minimum atomic E-state index is 1.15. The maximum atomic E-state index is 4.00. The summed E-state index contributed by atoms with van der Waals surface area (Å²) >= 11 is 0. The highest BCUT2D eigenvalue weighted by Gasteiger charge is 1.91. The van der Waals surface area contributed by atoms with E-state index in [9.17, 15) is 0 Å². The van der Waals surface area contributed by atoms with Gasteiger partial charge in [-0.3, -0.25) is 4.99 Å². The van der Waals surface area contributed by atoms with Crippen LogP contribution in [0.4, 0.5) is 0 Å². The van der Waals surface area contributed by atoms with Crippen molar-refractivity contribution >= 4 is 18.5 Å². The first-order valence-electron chi connectivity index (χ1n) is 3.50. The zero-order valence-corrected chi connectivity index (χ0v) is 6.01. The number of rotatable bonds is 0. The van der Waals surface area contributed by atoms with Gasteiger partial charge in [0.1, 0.15) is 0 Å². The summed E-state index contributed by atoms with van der Waals surface area (Å²) in [5, 5.41) is 0. The molecule has 1 aliphatic heterocycles. The van der Waals surface area contributed by atoms with Gasteiger partial charge in [0.25, 0.3) is 0 Å². The molecule has 2 rings (SSSR count). The lowest BCUT2D eigenvalue weighted by Gasteiger charge is -1.97. The van der Waals surface area contributed by atoms with E-state index in [4.69, 9.17) is 0 Å². The van der Waals surface area contributed by atoms with Crippen LogP contribution in [0, 0.1) is 0 Å². The zero-order valence-electron chi connectivity index (χ0n) is 6.01. The van der Waals surface area contributed by atoms with Crippen molar-refractivity contribution in [1.29, 1.82) is 0 Å². The molecule has 2 heteroatoms. The van der Waals surface area contributed by atoms with E-state index >= 15 is 0 Å².